The molecule has 1 aromatic carbocycles. The summed E-state index contributed by atoms with van der Waals surface area (Å²) in [4.78, 5) is 11.2. The molecule has 3 rings (SSSR count). The van der Waals surface area contributed by atoms with Crippen LogP contribution in [0.15, 0.2) is 30.3 Å². The molecule has 0 amide bonds. The van der Waals surface area contributed by atoms with Crippen molar-refractivity contribution in [2.75, 3.05) is 0 Å². The normalized spacial score (nSPS) is 28.0. The second-order valence-corrected chi connectivity index (χ2v) is 6.29. The van der Waals surface area contributed by atoms with Crippen LogP contribution in [0, 0.1) is 11.8 Å². The smallest absolute Gasteiger partial charge is 0.306 e. The first-order chi connectivity index (χ1) is 9.74. The van der Waals surface area contributed by atoms with Crippen LogP contribution in [0.3, 0.4) is 0 Å². The fourth-order valence-corrected chi connectivity index (χ4v) is 3.41. The van der Waals surface area contributed by atoms with Crippen molar-refractivity contribution in [3.8, 4) is 0 Å². The lowest BCUT2D eigenvalue weighted by atomic mass is 9.85. The Bertz CT molecular complexity index is 455. The van der Waals surface area contributed by atoms with Gasteiger partial charge in [0, 0.05) is 12.1 Å². The van der Waals surface area contributed by atoms with Gasteiger partial charge in [-0.2, -0.15) is 0 Å². The fourth-order valence-electron chi connectivity index (χ4n) is 3.41. The van der Waals surface area contributed by atoms with Crippen LogP contribution in [-0.2, 0) is 4.79 Å². The van der Waals surface area contributed by atoms with Crippen molar-refractivity contribution in [1.82, 2.24) is 5.32 Å². The number of aliphatic carboxylic acids is 1. The molecule has 3 nitrogen and oxygen atoms in total. The van der Waals surface area contributed by atoms with E-state index in [0.717, 1.165) is 31.6 Å². The summed E-state index contributed by atoms with van der Waals surface area (Å²) in [5.74, 6) is -0.0429. The van der Waals surface area contributed by atoms with E-state index in [-0.39, 0.29) is 5.92 Å². The van der Waals surface area contributed by atoms with Crippen molar-refractivity contribution in [2.45, 2.75) is 50.6 Å². The topological polar surface area (TPSA) is 49.3 Å². The zero-order valence-corrected chi connectivity index (χ0v) is 11.8. The third-order valence-electron chi connectivity index (χ3n) is 4.69. The summed E-state index contributed by atoms with van der Waals surface area (Å²) in [5.41, 5.74) is 1.35. The molecule has 2 fully saturated rings. The van der Waals surface area contributed by atoms with E-state index in [1.165, 1.54) is 18.4 Å². The lowest BCUT2D eigenvalue weighted by molar-refractivity contribution is -0.143. The van der Waals surface area contributed by atoms with Gasteiger partial charge in [-0.05, 0) is 43.6 Å². The first-order valence-electron chi connectivity index (χ1n) is 7.78. The van der Waals surface area contributed by atoms with E-state index in [1.54, 1.807) is 0 Å². The lowest BCUT2D eigenvalue weighted by Gasteiger charge is -2.31. The zero-order valence-electron chi connectivity index (χ0n) is 11.8. The number of carbonyl (C=O) groups is 1. The molecular weight excluding hydrogens is 250 g/mol. The molecule has 20 heavy (non-hydrogen) atoms. The molecule has 3 heteroatoms. The van der Waals surface area contributed by atoms with Crippen molar-refractivity contribution in [1.29, 1.82) is 0 Å². The summed E-state index contributed by atoms with van der Waals surface area (Å²) in [7, 11) is 0. The Kier molecular flexibility index (Phi) is 4.06. The predicted octanol–water partition coefficient (Wildman–Crippen LogP) is 3.37. The summed E-state index contributed by atoms with van der Waals surface area (Å²) in [6.45, 7) is 0. The van der Waals surface area contributed by atoms with Crippen molar-refractivity contribution >= 4 is 5.97 Å². The summed E-state index contributed by atoms with van der Waals surface area (Å²) in [6, 6.07) is 11.4. The number of carboxylic acids is 1. The lowest BCUT2D eigenvalue weighted by Crippen LogP contribution is -2.39. The minimum absolute atomic E-state index is 0.156. The van der Waals surface area contributed by atoms with Gasteiger partial charge in [0.2, 0.25) is 0 Å². The molecule has 0 heterocycles. The summed E-state index contributed by atoms with van der Waals surface area (Å²) in [5, 5.41) is 13.0. The average Bonchev–Trinajstić information content (AvgIpc) is 3.30. The third kappa shape index (κ3) is 3.21. The number of carboxylic acid groups (broad SMARTS) is 1. The van der Waals surface area contributed by atoms with E-state index in [0.29, 0.717) is 12.1 Å². The number of nitrogens with one attached hydrogen (secondary N) is 1. The Morgan fingerprint density at radius 3 is 2.55 bits per heavy atom. The summed E-state index contributed by atoms with van der Waals surface area (Å²) < 4.78 is 0. The molecule has 3 unspecified atom stereocenters. The van der Waals surface area contributed by atoms with Crippen LogP contribution in [0.2, 0.25) is 0 Å². The van der Waals surface area contributed by atoms with Gasteiger partial charge < -0.3 is 10.4 Å². The van der Waals surface area contributed by atoms with Crippen LogP contribution in [0.5, 0.6) is 0 Å². The molecule has 2 aliphatic carbocycles. The summed E-state index contributed by atoms with van der Waals surface area (Å²) in [6.07, 6.45) is 6.35. The van der Waals surface area contributed by atoms with Crippen LogP contribution in [0.25, 0.3) is 0 Å². The van der Waals surface area contributed by atoms with Crippen LogP contribution >= 0.6 is 0 Å². The highest BCUT2D eigenvalue weighted by molar-refractivity contribution is 5.70. The zero-order chi connectivity index (χ0) is 13.9. The second-order valence-electron chi connectivity index (χ2n) is 6.29. The number of hydrogen-bond donors (Lipinski definition) is 2. The van der Waals surface area contributed by atoms with Crippen molar-refractivity contribution in [3.63, 3.8) is 0 Å². The van der Waals surface area contributed by atoms with E-state index in [2.05, 4.69) is 35.6 Å². The molecule has 3 atom stereocenters. The van der Waals surface area contributed by atoms with Crippen LogP contribution < -0.4 is 5.32 Å². The predicted molar refractivity (Wildman–Crippen MR) is 78.4 cm³/mol. The van der Waals surface area contributed by atoms with Crippen LogP contribution in [0.1, 0.15) is 50.1 Å². The van der Waals surface area contributed by atoms with E-state index in [4.69, 9.17) is 0 Å². The molecule has 2 N–H and O–H groups in total. The van der Waals surface area contributed by atoms with Gasteiger partial charge in [0.15, 0.2) is 0 Å². The quantitative estimate of drug-likeness (QED) is 0.864. The van der Waals surface area contributed by atoms with E-state index < -0.39 is 5.97 Å². The molecule has 0 bridgehead atoms. The highest BCUT2D eigenvalue weighted by atomic mass is 16.4. The fraction of sp³-hybridized carbons (Fsp3) is 0.588. The monoisotopic (exact) mass is 273 g/mol. The third-order valence-corrected chi connectivity index (χ3v) is 4.69. The van der Waals surface area contributed by atoms with Gasteiger partial charge in [-0.15, -0.1) is 0 Å². The molecule has 0 spiro atoms. The summed E-state index contributed by atoms with van der Waals surface area (Å²) >= 11 is 0. The maximum atomic E-state index is 11.2. The molecule has 0 radical (unpaired) electrons. The Morgan fingerprint density at radius 2 is 1.90 bits per heavy atom. The number of rotatable bonds is 5. The van der Waals surface area contributed by atoms with Crippen LogP contribution in [0.4, 0.5) is 0 Å². The molecule has 0 saturated heterocycles. The second kappa shape index (κ2) is 5.96. The average molecular weight is 273 g/mol. The van der Waals surface area contributed by atoms with Crippen molar-refractivity contribution in [3.05, 3.63) is 35.9 Å². The Labute approximate surface area is 120 Å². The van der Waals surface area contributed by atoms with Gasteiger partial charge in [-0.25, -0.2) is 0 Å². The molecule has 0 aliphatic heterocycles. The molecule has 2 aliphatic rings. The molecule has 2 saturated carbocycles. The molecule has 108 valence electrons. The first-order valence-corrected chi connectivity index (χ1v) is 7.78. The maximum Gasteiger partial charge on any atom is 0.306 e. The van der Waals surface area contributed by atoms with E-state index in [9.17, 15) is 9.90 Å². The standard InChI is InChI=1S/C17H23NO2/c19-17(20)14-7-4-8-15(11-14)18-16(13-9-10-13)12-5-2-1-3-6-12/h1-3,5-6,13-16,18H,4,7-11H2,(H,19,20). The van der Waals surface area contributed by atoms with Gasteiger partial charge in [0.25, 0.3) is 0 Å². The molecule has 1 aromatic rings. The maximum absolute atomic E-state index is 11.2. The van der Waals surface area contributed by atoms with Gasteiger partial charge >= 0.3 is 5.97 Å². The van der Waals surface area contributed by atoms with Gasteiger partial charge in [-0.3, -0.25) is 4.79 Å². The Hall–Kier alpha value is -1.35. The molecule has 0 aromatic heterocycles. The number of hydrogen-bond acceptors (Lipinski definition) is 2. The SMILES string of the molecule is O=C(O)C1CCCC(NC(c2ccccc2)C2CC2)C1. The minimum atomic E-state index is -0.626. The molecular formula is C17H23NO2. The van der Waals surface area contributed by atoms with E-state index in [1.807, 2.05) is 0 Å². The van der Waals surface area contributed by atoms with Crippen LogP contribution in [-0.4, -0.2) is 17.1 Å². The largest absolute Gasteiger partial charge is 0.481 e. The first kappa shape index (κ1) is 13.6. The van der Waals surface area contributed by atoms with Crippen molar-refractivity contribution in [2.24, 2.45) is 11.8 Å². The minimum Gasteiger partial charge on any atom is -0.481 e. The Morgan fingerprint density at radius 1 is 1.15 bits per heavy atom. The van der Waals surface area contributed by atoms with Gasteiger partial charge in [0.1, 0.15) is 0 Å². The van der Waals surface area contributed by atoms with Crippen molar-refractivity contribution < 1.29 is 9.90 Å². The van der Waals surface area contributed by atoms with E-state index >= 15 is 0 Å². The highest BCUT2D eigenvalue weighted by Gasteiger charge is 2.35. The van der Waals surface area contributed by atoms with Gasteiger partial charge in [-0.1, -0.05) is 36.8 Å². The van der Waals surface area contributed by atoms with Gasteiger partial charge in [0.05, 0.1) is 5.92 Å². The Balaban J connectivity index is 1.66. The highest BCUT2D eigenvalue weighted by Crippen LogP contribution is 2.42. The number of benzene rings is 1.